The highest BCUT2D eigenvalue weighted by Gasteiger charge is 2.36. The molecule has 2 atom stereocenters. The fourth-order valence-corrected chi connectivity index (χ4v) is 4.54. The monoisotopic (exact) mass is 573 g/mol. The molecule has 2 N–H and O–H groups in total. The zero-order chi connectivity index (χ0) is 30.3. The molecule has 3 rings (SSSR count). The molecule has 0 heterocycles. The Bertz CT molecular complexity index is 1440. The van der Waals surface area contributed by atoms with Gasteiger partial charge in [-0.05, 0) is 75.4 Å². The third-order valence-corrected chi connectivity index (χ3v) is 6.79. The van der Waals surface area contributed by atoms with Gasteiger partial charge in [0.1, 0.15) is 17.7 Å². The van der Waals surface area contributed by atoms with Gasteiger partial charge in [-0.15, -0.1) is 0 Å². The Morgan fingerprint density at radius 3 is 2.22 bits per heavy atom. The molecule has 7 nitrogen and oxygen atoms in total. The summed E-state index contributed by atoms with van der Waals surface area (Å²) < 4.78 is 5.43. The van der Waals surface area contributed by atoms with Gasteiger partial charge in [0.15, 0.2) is 0 Å². The number of carbonyl (C=O) groups is 3. The van der Waals surface area contributed by atoms with Crippen LogP contribution in [-0.2, 0) is 20.7 Å². The van der Waals surface area contributed by atoms with Crippen molar-refractivity contribution < 1.29 is 19.1 Å². The van der Waals surface area contributed by atoms with E-state index in [2.05, 4.69) is 16.7 Å². The molecule has 3 aromatic carbocycles. The highest BCUT2D eigenvalue weighted by Crippen LogP contribution is 2.30. The number of amides is 3. The first-order valence-electron chi connectivity index (χ1n) is 13.3. The highest BCUT2D eigenvalue weighted by molar-refractivity contribution is 6.34. The maximum Gasteiger partial charge on any atom is 0.408 e. The van der Waals surface area contributed by atoms with Crippen LogP contribution in [0, 0.1) is 33.2 Å². The summed E-state index contributed by atoms with van der Waals surface area (Å²) in [5.41, 5.74) is 3.62. The molecule has 3 aromatic rings. The lowest BCUT2D eigenvalue weighted by atomic mass is 9.97. The Balaban J connectivity index is 2.06. The molecule has 2 unspecified atom stereocenters. The number of halogens is 1. The second kappa shape index (κ2) is 13.4. The molecule has 0 aliphatic heterocycles. The van der Waals surface area contributed by atoms with Crippen LogP contribution in [0.1, 0.15) is 54.6 Å². The molecule has 0 saturated carbocycles. The SMILES string of the molecule is C#CN(C(=O)C(Cc1ccccc1)NC(=O)OC(C)(C)C)C(C(=O)Nc1c(C)cccc1Cl)c1ccc(C)c(C)c1. The summed E-state index contributed by atoms with van der Waals surface area (Å²) in [6, 6.07) is 20.0. The number of aryl methyl sites for hydroxylation is 3. The first-order chi connectivity index (χ1) is 19.3. The van der Waals surface area contributed by atoms with Gasteiger partial charge in [0, 0.05) is 12.5 Å². The van der Waals surface area contributed by atoms with Gasteiger partial charge in [-0.25, -0.2) is 4.79 Å². The number of nitrogens with one attached hydrogen (secondary N) is 2. The van der Waals surface area contributed by atoms with Crippen LogP contribution in [0.25, 0.3) is 0 Å². The van der Waals surface area contributed by atoms with Crippen molar-refractivity contribution in [3.8, 4) is 12.5 Å². The predicted octanol–water partition coefficient (Wildman–Crippen LogP) is 6.50. The van der Waals surface area contributed by atoms with Gasteiger partial charge in [0.2, 0.25) is 0 Å². The van der Waals surface area contributed by atoms with Gasteiger partial charge in [0.25, 0.3) is 11.8 Å². The molecule has 0 saturated heterocycles. The van der Waals surface area contributed by atoms with E-state index >= 15 is 0 Å². The summed E-state index contributed by atoms with van der Waals surface area (Å²) >= 11 is 6.40. The molecule has 3 amide bonds. The summed E-state index contributed by atoms with van der Waals surface area (Å²) in [5.74, 6) is -1.19. The number of anilines is 1. The lowest BCUT2D eigenvalue weighted by Gasteiger charge is -2.31. The summed E-state index contributed by atoms with van der Waals surface area (Å²) in [6.07, 6.45) is 5.29. The van der Waals surface area contributed by atoms with Crippen LogP contribution in [0.2, 0.25) is 5.02 Å². The topological polar surface area (TPSA) is 87.7 Å². The third-order valence-electron chi connectivity index (χ3n) is 6.47. The van der Waals surface area contributed by atoms with E-state index in [0.29, 0.717) is 16.3 Å². The van der Waals surface area contributed by atoms with Crippen LogP contribution >= 0.6 is 11.6 Å². The number of hydrogen-bond donors (Lipinski definition) is 2. The minimum absolute atomic E-state index is 0.127. The first-order valence-corrected chi connectivity index (χ1v) is 13.6. The summed E-state index contributed by atoms with van der Waals surface area (Å²) in [5, 5.41) is 5.89. The first kappa shape index (κ1) is 31.3. The molecular weight excluding hydrogens is 538 g/mol. The maximum atomic E-state index is 14.1. The number of benzene rings is 3. The normalized spacial score (nSPS) is 12.4. The number of hydrogen-bond acceptors (Lipinski definition) is 4. The van der Waals surface area contributed by atoms with Crippen molar-refractivity contribution in [1.29, 1.82) is 0 Å². The number of carbonyl (C=O) groups excluding carboxylic acids is 3. The minimum Gasteiger partial charge on any atom is -0.444 e. The Labute approximate surface area is 247 Å². The second-order valence-electron chi connectivity index (χ2n) is 10.9. The van der Waals surface area contributed by atoms with Crippen molar-refractivity contribution in [2.75, 3.05) is 5.32 Å². The van der Waals surface area contributed by atoms with E-state index in [9.17, 15) is 14.4 Å². The van der Waals surface area contributed by atoms with Crippen LogP contribution in [0.15, 0.2) is 66.7 Å². The number of rotatable bonds is 8. The molecule has 0 aliphatic carbocycles. The Kier molecular flexibility index (Phi) is 10.2. The van der Waals surface area contributed by atoms with Crippen molar-refractivity contribution >= 4 is 35.2 Å². The van der Waals surface area contributed by atoms with Gasteiger partial charge in [-0.2, -0.15) is 0 Å². The lowest BCUT2D eigenvalue weighted by Crippen LogP contribution is -2.51. The molecule has 0 aliphatic rings. The highest BCUT2D eigenvalue weighted by atomic mass is 35.5. The van der Waals surface area contributed by atoms with Crippen LogP contribution in [0.5, 0.6) is 0 Å². The largest absolute Gasteiger partial charge is 0.444 e. The Morgan fingerprint density at radius 2 is 1.63 bits per heavy atom. The summed E-state index contributed by atoms with van der Waals surface area (Å²) in [7, 11) is 0. The number of nitrogens with zero attached hydrogens (tertiary/aromatic N) is 1. The molecular formula is C33H36ClN3O4. The quantitative estimate of drug-likeness (QED) is 0.238. The van der Waals surface area contributed by atoms with E-state index < -0.39 is 35.6 Å². The standard InChI is InChI=1S/C33H36ClN3O4/c1-8-37(31(39)27(20-24-14-10-9-11-15-24)35-32(40)41-33(5,6)7)29(25-18-17-21(2)23(4)19-25)30(38)36-28-22(3)13-12-16-26(28)34/h1,9-19,27,29H,20H2,2-7H3,(H,35,40)(H,36,38). The third kappa shape index (κ3) is 8.36. The Morgan fingerprint density at radius 1 is 0.951 bits per heavy atom. The zero-order valence-electron chi connectivity index (χ0n) is 24.2. The van der Waals surface area contributed by atoms with Crippen LogP contribution in [0.4, 0.5) is 10.5 Å². The number of alkyl carbamates (subject to hydrolysis) is 1. The van der Waals surface area contributed by atoms with Crippen molar-refractivity contribution in [2.45, 2.75) is 65.6 Å². The number of ether oxygens (including phenoxy) is 1. The molecule has 214 valence electrons. The van der Waals surface area contributed by atoms with Crippen molar-refractivity contribution in [3.05, 3.63) is 99.6 Å². The van der Waals surface area contributed by atoms with E-state index in [-0.39, 0.29) is 6.42 Å². The fourth-order valence-electron chi connectivity index (χ4n) is 4.27. The summed E-state index contributed by atoms with van der Waals surface area (Å²) in [6.45, 7) is 10.9. The molecule has 0 aromatic heterocycles. The smallest absolute Gasteiger partial charge is 0.408 e. The predicted molar refractivity (Wildman–Crippen MR) is 162 cm³/mol. The Hall–Kier alpha value is -4.28. The fraction of sp³-hybridized carbons (Fsp3) is 0.303. The van der Waals surface area contributed by atoms with Crippen LogP contribution in [0.3, 0.4) is 0 Å². The molecule has 8 heteroatoms. The minimum atomic E-state index is -1.22. The van der Waals surface area contributed by atoms with Crippen molar-refractivity contribution in [1.82, 2.24) is 10.2 Å². The molecule has 0 fully saturated rings. The number of para-hydroxylation sites is 1. The van der Waals surface area contributed by atoms with Gasteiger partial charge in [-0.1, -0.05) is 78.7 Å². The van der Waals surface area contributed by atoms with E-state index in [1.807, 2.05) is 69.3 Å². The van der Waals surface area contributed by atoms with Gasteiger partial charge < -0.3 is 15.4 Å². The van der Waals surface area contributed by atoms with Crippen molar-refractivity contribution in [2.24, 2.45) is 0 Å². The zero-order valence-corrected chi connectivity index (χ0v) is 25.0. The van der Waals surface area contributed by atoms with Crippen molar-refractivity contribution in [3.63, 3.8) is 0 Å². The average Bonchev–Trinajstić information content (AvgIpc) is 2.90. The molecule has 0 spiro atoms. The summed E-state index contributed by atoms with van der Waals surface area (Å²) in [4.78, 5) is 41.9. The van der Waals surface area contributed by atoms with E-state index in [1.54, 1.807) is 39.0 Å². The average molecular weight is 574 g/mol. The van der Waals surface area contributed by atoms with E-state index in [1.165, 1.54) is 0 Å². The second-order valence-corrected chi connectivity index (χ2v) is 11.3. The maximum absolute atomic E-state index is 14.1. The van der Waals surface area contributed by atoms with Crippen LogP contribution in [-0.4, -0.2) is 34.5 Å². The molecule has 41 heavy (non-hydrogen) atoms. The van der Waals surface area contributed by atoms with Gasteiger partial charge >= 0.3 is 6.09 Å². The lowest BCUT2D eigenvalue weighted by molar-refractivity contribution is -0.136. The molecule has 0 radical (unpaired) electrons. The van der Waals surface area contributed by atoms with Gasteiger partial charge in [0.05, 0.1) is 10.7 Å². The number of terminal acetylenes is 1. The van der Waals surface area contributed by atoms with Crippen LogP contribution < -0.4 is 10.6 Å². The van der Waals surface area contributed by atoms with E-state index in [0.717, 1.165) is 27.2 Å². The van der Waals surface area contributed by atoms with Gasteiger partial charge in [-0.3, -0.25) is 14.5 Å². The molecule has 0 bridgehead atoms. The van der Waals surface area contributed by atoms with E-state index in [4.69, 9.17) is 22.8 Å².